The zero-order valence-corrected chi connectivity index (χ0v) is 15.6. The number of ether oxygens (including phenoxy) is 1. The lowest BCUT2D eigenvalue weighted by Crippen LogP contribution is -2.40. The van der Waals surface area contributed by atoms with Crippen LogP contribution in [0.25, 0.3) is 10.8 Å². The Morgan fingerprint density at radius 2 is 1.63 bits per heavy atom. The summed E-state index contributed by atoms with van der Waals surface area (Å²) < 4.78 is 5.16. The molecule has 4 nitrogen and oxygen atoms in total. The van der Waals surface area contributed by atoms with E-state index in [4.69, 9.17) is 16.3 Å². The molecule has 3 aromatic rings. The second-order valence-electron chi connectivity index (χ2n) is 6.26. The van der Waals surface area contributed by atoms with Crippen molar-refractivity contribution < 1.29 is 14.3 Å². The van der Waals surface area contributed by atoms with Crippen LogP contribution in [-0.4, -0.2) is 17.9 Å². The highest BCUT2D eigenvalue weighted by Gasteiger charge is 2.26. The van der Waals surface area contributed by atoms with E-state index in [2.05, 4.69) is 5.32 Å². The lowest BCUT2D eigenvalue weighted by molar-refractivity contribution is -0.120. The smallest absolute Gasteiger partial charge is 0.408 e. The molecule has 2 atom stereocenters. The highest BCUT2D eigenvalue weighted by Crippen LogP contribution is 2.30. The second-order valence-corrected chi connectivity index (χ2v) is 6.70. The Balaban J connectivity index is 1.63. The van der Waals surface area contributed by atoms with E-state index in [9.17, 15) is 9.59 Å². The van der Waals surface area contributed by atoms with Crippen molar-refractivity contribution in [1.82, 2.24) is 5.32 Å². The van der Waals surface area contributed by atoms with Crippen LogP contribution in [0.1, 0.15) is 23.4 Å². The average molecular weight is 382 g/mol. The van der Waals surface area contributed by atoms with E-state index in [1.807, 2.05) is 72.8 Å². The molecule has 0 aromatic heterocycles. The third-order valence-electron chi connectivity index (χ3n) is 4.32. The molecule has 5 heteroatoms. The van der Waals surface area contributed by atoms with Gasteiger partial charge in [0.05, 0.1) is 6.04 Å². The lowest BCUT2D eigenvalue weighted by Gasteiger charge is -2.18. The van der Waals surface area contributed by atoms with E-state index in [-0.39, 0.29) is 12.4 Å². The lowest BCUT2D eigenvalue weighted by atomic mass is 9.98. The third kappa shape index (κ3) is 4.66. The van der Waals surface area contributed by atoms with Crippen molar-refractivity contribution in [1.29, 1.82) is 0 Å². The number of ketones is 1. The standard InChI is InChI=1S/C22H20ClNO3/c1-15(24-22(26)27-14-16-8-3-2-4-9-16)21(25)20(23)19-13-7-11-17-10-5-6-12-18(17)19/h2-13,15,20H,14H2,1H3,(H,24,26)/t15-,20?/m0/s1. The van der Waals surface area contributed by atoms with Gasteiger partial charge in [-0.05, 0) is 28.8 Å². The van der Waals surface area contributed by atoms with E-state index in [0.717, 1.165) is 21.9 Å². The van der Waals surface area contributed by atoms with E-state index >= 15 is 0 Å². The largest absolute Gasteiger partial charge is 0.445 e. The predicted molar refractivity (Wildman–Crippen MR) is 107 cm³/mol. The Morgan fingerprint density at radius 1 is 0.963 bits per heavy atom. The van der Waals surface area contributed by atoms with E-state index in [1.54, 1.807) is 6.92 Å². The summed E-state index contributed by atoms with van der Waals surface area (Å²) in [4.78, 5) is 24.7. The highest BCUT2D eigenvalue weighted by atomic mass is 35.5. The van der Waals surface area contributed by atoms with Gasteiger partial charge >= 0.3 is 6.09 Å². The fourth-order valence-electron chi connectivity index (χ4n) is 2.86. The highest BCUT2D eigenvalue weighted by molar-refractivity contribution is 6.32. The number of hydrogen-bond acceptors (Lipinski definition) is 3. The van der Waals surface area contributed by atoms with E-state index in [1.165, 1.54) is 0 Å². The van der Waals surface area contributed by atoms with Crippen LogP contribution in [0.15, 0.2) is 72.8 Å². The Labute approximate surface area is 163 Å². The van der Waals surface area contributed by atoms with Gasteiger partial charge in [-0.15, -0.1) is 11.6 Å². The SMILES string of the molecule is C[C@H](NC(=O)OCc1ccccc1)C(=O)C(Cl)c1cccc2ccccc12. The van der Waals surface area contributed by atoms with E-state index in [0.29, 0.717) is 0 Å². The monoisotopic (exact) mass is 381 g/mol. The summed E-state index contributed by atoms with van der Waals surface area (Å²) in [5.41, 5.74) is 1.60. The Kier molecular flexibility index (Phi) is 6.09. The number of rotatable bonds is 6. The number of halogens is 1. The number of carbonyl (C=O) groups is 2. The molecule has 27 heavy (non-hydrogen) atoms. The first kappa shape index (κ1) is 18.9. The summed E-state index contributed by atoms with van der Waals surface area (Å²) in [7, 11) is 0. The van der Waals surface area contributed by atoms with Gasteiger partial charge in [-0.1, -0.05) is 72.8 Å². The molecule has 0 aliphatic heterocycles. The van der Waals surface area contributed by atoms with E-state index < -0.39 is 17.5 Å². The molecule has 1 N–H and O–H groups in total. The third-order valence-corrected chi connectivity index (χ3v) is 4.77. The molecule has 0 radical (unpaired) electrons. The van der Waals surface area contributed by atoms with Crippen LogP contribution in [0.3, 0.4) is 0 Å². The van der Waals surface area contributed by atoms with Crippen molar-refractivity contribution in [3.63, 3.8) is 0 Å². The molecule has 0 saturated carbocycles. The Morgan fingerprint density at radius 3 is 2.41 bits per heavy atom. The molecule has 3 rings (SSSR count). The summed E-state index contributed by atoms with van der Waals surface area (Å²) in [6.45, 7) is 1.74. The topological polar surface area (TPSA) is 55.4 Å². The molecular weight excluding hydrogens is 362 g/mol. The number of Topliss-reactive ketones (excluding diaryl/α,β-unsaturated/α-hetero) is 1. The van der Waals surface area contributed by atoms with Crippen molar-refractivity contribution >= 4 is 34.2 Å². The van der Waals surface area contributed by atoms with Crippen LogP contribution in [0, 0.1) is 0 Å². The number of hydrogen-bond donors (Lipinski definition) is 1. The van der Waals surface area contributed by atoms with Gasteiger partial charge in [0.1, 0.15) is 12.0 Å². The summed E-state index contributed by atoms with van der Waals surface area (Å²) in [6, 6.07) is 22.0. The van der Waals surface area contributed by atoms with Crippen molar-refractivity contribution in [2.24, 2.45) is 0 Å². The molecule has 3 aromatic carbocycles. The first-order valence-electron chi connectivity index (χ1n) is 8.69. The number of carbonyl (C=O) groups excluding carboxylic acids is 2. The maximum absolute atomic E-state index is 12.7. The summed E-state index contributed by atoms with van der Waals surface area (Å²) in [6.07, 6.45) is -0.651. The predicted octanol–water partition coefficient (Wildman–Crippen LogP) is 5.00. The van der Waals surface area contributed by atoms with Crippen LogP contribution in [-0.2, 0) is 16.1 Å². The Bertz CT molecular complexity index is 937. The van der Waals surface area contributed by atoms with Crippen LogP contribution < -0.4 is 5.32 Å². The van der Waals surface area contributed by atoms with Gasteiger partial charge < -0.3 is 10.1 Å². The van der Waals surface area contributed by atoms with Crippen molar-refractivity contribution in [2.45, 2.75) is 24.9 Å². The van der Waals surface area contributed by atoms with Crippen LogP contribution in [0.2, 0.25) is 0 Å². The van der Waals surface area contributed by atoms with Crippen molar-refractivity contribution in [3.05, 3.63) is 83.9 Å². The molecule has 0 saturated heterocycles. The fourth-order valence-corrected chi connectivity index (χ4v) is 3.24. The van der Waals surface area contributed by atoms with Gasteiger partial charge in [0, 0.05) is 0 Å². The molecule has 0 aliphatic rings. The average Bonchev–Trinajstić information content (AvgIpc) is 2.71. The van der Waals surface area contributed by atoms with Gasteiger partial charge in [-0.25, -0.2) is 4.79 Å². The molecule has 0 heterocycles. The van der Waals surface area contributed by atoms with Gasteiger partial charge in [-0.2, -0.15) is 0 Å². The zero-order valence-electron chi connectivity index (χ0n) is 14.9. The fraction of sp³-hybridized carbons (Fsp3) is 0.182. The van der Waals surface area contributed by atoms with Crippen molar-refractivity contribution in [3.8, 4) is 0 Å². The Hall–Kier alpha value is -2.85. The maximum atomic E-state index is 12.7. The van der Waals surface area contributed by atoms with Crippen LogP contribution in [0.5, 0.6) is 0 Å². The number of fused-ring (bicyclic) bond motifs is 1. The number of alkyl carbamates (subject to hydrolysis) is 1. The maximum Gasteiger partial charge on any atom is 0.408 e. The number of nitrogens with one attached hydrogen (secondary N) is 1. The molecule has 1 unspecified atom stereocenters. The first-order valence-corrected chi connectivity index (χ1v) is 9.12. The molecule has 0 spiro atoms. The minimum Gasteiger partial charge on any atom is -0.445 e. The number of amides is 1. The molecule has 138 valence electrons. The minimum absolute atomic E-state index is 0.140. The van der Waals surface area contributed by atoms with Crippen LogP contribution in [0.4, 0.5) is 4.79 Å². The van der Waals surface area contributed by atoms with Gasteiger partial charge in [0.2, 0.25) is 0 Å². The zero-order chi connectivity index (χ0) is 19.2. The minimum atomic E-state index is -0.861. The molecular formula is C22H20ClNO3. The van der Waals surface area contributed by atoms with Crippen molar-refractivity contribution in [2.75, 3.05) is 0 Å². The normalized spacial score (nSPS) is 13.0. The number of alkyl halides is 1. The number of benzene rings is 3. The molecule has 0 bridgehead atoms. The molecule has 0 fully saturated rings. The molecule has 1 amide bonds. The van der Waals surface area contributed by atoms with Crippen LogP contribution >= 0.6 is 11.6 Å². The van der Waals surface area contributed by atoms with Gasteiger partial charge in [0.15, 0.2) is 5.78 Å². The quantitative estimate of drug-likeness (QED) is 0.611. The van der Waals surface area contributed by atoms with Gasteiger partial charge in [0.25, 0.3) is 0 Å². The second kappa shape index (κ2) is 8.69. The summed E-state index contributed by atoms with van der Waals surface area (Å²) >= 11 is 6.45. The first-order chi connectivity index (χ1) is 13.1. The summed E-state index contributed by atoms with van der Waals surface area (Å²) in [5.74, 6) is -0.287. The summed E-state index contributed by atoms with van der Waals surface area (Å²) in [5, 5.41) is 3.63. The van der Waals surface area contributed by atoms with Gasteiger partial charge in [-0.3, -0.25) is 4.79 Å². The molecule has 0 aliphatic carbocycles.